The quantitative estimate of drug-likeness (QED) is 0.793. The molecule has 3 heteroatoms. The van der Waals surface area contributed by atoms with Crippen LogP contribution in [0.15, 0.2) is 22.3 Å². The zero-order valence-corrected chi connectivity index (χ0v) is 15.8. The Morgan fingerprint density at radius 2 is 2.04 bits per heavy atom. The average Bonchev–Trinajstić information content (AvgIpc) is 3.07. The van der Waals surface area contributed by atoms with E-state index in [9.17, 15) is 9.90 Å². The fourth-order valence-corrected chi connectivity index (χ4v) is 5.44. The van der Waals surface area contributed by atoms with Crippen LogP contribution in [-0.2, 0) is 9.53 Å². The van der Waals surface area contributed by atoms with Gasteiger partial charge in [0.25, 0.3) is 0 Å². The van der Waals surface area contributed by atoms with Gasteiger partial charge in [-0.05, 0) is 60.5 Å². The summed E-state index contributed by atoms with van der Waals surface area (Å²) in [7, 11) is 1.75. The topological polar surface area (TPSA) is 46.5 Å². The Hall–Kier alpha value is -0.930. The molecule has 4 atom stereocenters. The molecule has 1 saturated carbocycles. The van der Waals surface area contributed by atoms with Crippen LogP contribution in [0.25, 0.3) is 0 Å². The third-order valence-corrected chi connectivity index (χ3v) is 6.79. The molecule has 3 rings (SSSR count). The summed E-state index contributed by atoms with van der Waals surface area (Å²) in [5.74, 6) is 0.608. The number of Topliss-reactive ketones (excluding diaryl/α,β-unsaturated/α-hetero) is 1. The van der Waals surface area contributed by atoms with E-state index in [4.69, 9.17) is 4.74 Å². The Morgan fingerprint density at radius 3 is 2.67 bits per heavy atom. The highest BCUT2D eigenvalue weighted by Gasteiger charge is 2.49. The van der Waals surface area contributed by atoms with Gasteiger partial charge in [-0.2, -0.15) is 0 Å². The van der Waals surface area contributed by atoms with Crippen molar-refractivity contribution >= 4 is 5.78 Å². The van der Waals surface area contributed by atoms with E-state index in [2.05, 4.69) is 20.8 Å². The van der Waals surface area contributed by atoms with Gasteiger partial charge in [-0.3, -0.25) is 4.79 Å². The van der Waals surface area contributed by atoms with Gasteiger partial charge in [0.1, 0.15) is 6.10 Å². The average molecular weight is 332 g/mol. The van der Waals surface area contributed by atoms with E-state index in [0.29, 0.717) is 18.4 Å². The Bertz CT molecular complexity index is 598. The summed E-state index contributed by atoms with van der Waals surface area (Å²) in [4.78, 5) is 13.0. The van der Waals surface area contributed by atoms with Crippen molar-refractivity contribution in [1.82, 2.24) is 0 Å². The first kappa shape index (κ1) is 17.9. The van der Waals surface area contributed by atoms with Gasteiger partial charge in [0.2, 0.25) is 0 Å². The molecule has 1 unspecified atom stereocenters. The normalized spacial score (nSPS) is 37.0. The van der Waals surface area contributed by atoms with Gasteiger partial charge >= 0.3 is 0 Å². The van der Waals surface area contributed by atoms with Crippen molar-refractivity contribution in [3.05, 3.63) is 22.3 Å². The first-order chi connectivity index (χ1) is 11.3. The maximum Gasteiger partial charge on any atom is 0.168 e. The molecule has 0 aromatic heterocycles. The van der Waals surface area contributed by atoms with E-state index >= 15 is 0 Å². The molecule has 134 valence electrons. The third-order valence-electron chi connectivity index (χ3n) is 6.79. The number of hydrogen-bond donors (Lipinski definition) is 1. The van der Waals surface area contributed by atoms with E-state index in [1.165, 1.54) is 16.7 Å². The van der Waals surface area contributed by atoms with Crippen LogP contribution in [0.4, 0.5) is 0 Å². The first-order valence-electron chi connectivity index (χ1n) is 9.45. The number of aliphatic hydroxyl groups excluding tert-OH is 1. The van der Waals surface area contributed by atoms with Gasteiger partial charge in [-0.1, -0.05) is 38.8 Å². The molecular formula is C21H32O3. The summed E-state index contributed by atoms with van der Waals surface area (Å²) >= 11 is 0. The van der Waals surface area contributed by atoms with Gasteiger partial charge in [-0.15, -0.1) is 0 Å². The van der Waals surface area contributed by atoms with Crippen LogP contribution in [0.3, 0.4) is 0 Å². The molecule has 0 aromatic carbocycles. The van der Waals surface area contributed by atoms with Crippen molar-refractivity contribution in [2.45, 2.75) is 65.9 Å². The van der Waals surface area contributed by atoms with E-state index in [0.717, 1.165) is 37.7 Å². The van der Waals surface area contributed by atoms with Crippen LogP contribution < -0.4 is 0 Å². The van der Waals surface area contributed by atoms with Gasteiger partial charge < -0.3 is 9.84 Å². The summed E-state index contributed by atoms with van der Waals surface area (Å²) in [6.07, 6.45) is 4.20. The highest BCUT2D eigenvalue weighted by molar-refractivity contribution is 5.89. The highest BCUT2D eigenvalue weighted by atomic mass is 16.5. The second-order valence-corrected chi connectivity index (χ2v) is 8.63. The second-order valence-electron chi connectivity index (χ2n) is 8.63. The molecule has 1 N–H and O–H groups in total. The van der Waals surface area contributed by atoms with Crippen LogP contribution in [-0.4, -0.2) is 30.7 Å². The smallest absolute Gasteiger partial charge is 0.168 e. The molecule has 3 nitrogen and oxygen atoms in total. The van der Waals surface area contributed by atoms with Gasteiger partial charge in [0, 0.05) is 13.0 Å². The van der Waals surface area contributed by atoms with Crippen molar-refractivity contribution < 1.29 is 14.6 Å². The van der Waals surface area contributed by atoms with Crippen molar-refractivity contribution in [2.75, 3.05) is 13.7 Å². The minimum Gasteiger partial charge on any atom is -0.381 e. The van der Waals surface area contributed by atoms with Crippen molar-refractivity contribution in [3.63, 3.8) is 0 Å². The van der Waals surface area contributed by atoms with Crippen LogP contribution in [0.5, 0.6) is 0 Å². The first-order valence-corrected chi connectivity index (χ1v) is 9.45. The molecule has 1 fully saturated rings. The second kappa shape index (κ2) is 6.42. The summed E-state index contributed by atoms with van der Waals surface area (Å²) in [6.45, 7) is 9.32. The number of rotatable bonds is 3. The maximum atomic E-state index is 13.0. The van der Waals surface area contributed by atoms with Crippen molar-refractivity contribution in [2.24, 2.45) is 23.2 Å². The summed E-state index contributed by atoms with van der Waals surface area (Å²) in [5.41, 5.74) is 5.14. The molecule has 3 aliphatic rings. The lowest BCUT2D eigenvalue weighted by Gasteiger charge is -2.38. The number of methoxy groups -OCH3 is 1. The standard InChI is InChI=1S/C21H32O3/c1-12(2)15-8-9-21(4)10-17-14(11-24-5)6-7-16(17)13(3)19(22)20(23)18(15)21/h12-13,16,20,23H,6-11H2,1-5H3/t13-,16+,20-,21?/m1/s1. The molecule has 0 aromatic rings. The summed E-state index contributed by atoms with van der Waals surface area (Å²) in [6, 6.07) is 0. The Kier molecular flexibility index (Phi) is 4.78. The SMILES string of the molecule is COCC1=C2CC3(C)CCC(C(C)C)=C3[C@@H](O)C(=O)[C@H](C)[C@@H]2CC1. The fourth-order valence-electron chi connectivity index (χ4n) is 5.44. The number of hydrogen-bond acceptors (Lipinski definition) is 3. The van der Waals surface area contributed by atoms with Crippen LogP contribution in [0, 0.1) is 23.2 Å². The zero-order chi connectivity index (χ0) is 17.6. The molecule has 0 aliphatic heterocycles. The minimum atomic E-state index is -0.905. The molecule has 0 spiro atoms. The third kappa shape index (κ3) is 2.70. The van der Waals surface area contributed by atoms with Crippen LogP contribution in [0.2, 0.25) is 0 Å². The molecule has 0 amide bonds. The van der Waals surface area contributed by atoms with Crippen molar-refractivity contribution in [3.8, 4) is 0 Å². The monoisotopic (exact) mass is 332 g/mol. The lowest BCUT2D eigenvalue weighted by Crippen LogP contribution is -2.40. The highest BCUT2D eigenvalue weighted by Crippen LogP contribution is 2.55. The number of aliphatic hydroxyl groups is 1. The number of ketones is 1. The van der Waals surface area contributed by atoms with Gasteiger partial charge in [0.05, 0.1) is 6.61 Å². The summed E-state index contributed by atoms with van der Waals surface area (Å²) < 4.78 is 5.43. The Morgan fingerprint density at radius 1 is 1.33 bits per heavy atom. The molecule has 0 saturated heterocycles. The molecule has 24 heavy (non-hydrogen) atoms. The number of carbonyl (C=O) groups excluding carboxylic acids is 1. The number of allylic oxidation sites excluding steroid dienone is 2. The van der Waals surface area contributed by atoms with E-state index in [1.54, 1.807) is 7.11 Å². The molecule has 0 heterocycles. The molecular weight excluding hydrogens is 300 g/mol. The van der Waals surface area contributed by atoms with E-state index in [-0.39, 0.29) is 17.1 Å². The number of carbonyl (C=O) groups is 1. The lowest BCUT2D eigenvalue weighted by atomic mass is 9.66. The molecule has 3 aliphatic carbocycles. The predicted octanol–water partition coefficient (Wildman–Crippen LogP) is 4.06. The fraction of sp³-hybridized carbons (Fsp3) is 0.762. The van der Waals surface area contributed by atoms with Gasteiger partial charge in [0.15, 0.2) is 5.78 Å². The van der Waals surface area contributed by atoms with Crippen LogP contribution >= 0.6 is 0 Å². The number of ether oxygens (including phenoxy) is 1. The van der Waals surface area contributed by atoms with E-state index in [1.807, 2.05) is 6.92 Å². The van der Waals surface area contributed by atoms with Crippen LogP contribution in [0.1, 0.15) is 59.8 Å². The molecule has 0 bridgehead atoms. The Labute approximate surface area is 146 Å². The zero-order valence-electron chi connectivity index (χ0n) is 15.8. The largest absolute Gasteiger partial charge is 0.381 e. The van der Waals surface area contributed by atoms with E-state index < -0.39 is 6.10 Å². The molecule has 0 radical (unpaired) electrons. The predicted molar refractivity (Wildman–Crippen MR) is 95.6 cm³/mol. The minimum absolute atomic E-state index is 0.0251. The van der Waals surface area contributed by atoms with Gasteiger partial charge in [-0.25, -0.2) is 0 Å². The van der Waals surface area contributed by atoms with Crippen molar-refractivity contribution in [1.29, 1.82) is 0 Å². The maximum absolute atomic E-state index is 13.0. The lowest BCUT2D eigenvalue weighted by molar-refractivity contribution is -0.131. The summed E-state index contributed by atoms with van der Waals surface area (Å²) in [5, 5.41) is 10.9. The number of fused-ring (bicyclic) bond motifs is 2. The Balaban J connectivity index is 2.11.